The van der Waals surface area contributed by atoms with Gasteiger partial charge < -0.3 is 20.5 Å². The fourth-order valence-electron chi connectivity index (χ4n) is 2.14. The number of aliphatic hydroxyl groups is 1. The van der Waals surface area contributed by atoms with Gasteiger partial charge in [0, 0.05) is 6.54 Å². The van der Waals surface area contributed by atoms with Crippen molar-refractivity contribution in [2.75, 3.05) is 26.3 Å². The van der Waals surface area contributed by atoms with E-state index in [1.54, 1.807) is 0 Å². The van der Waals surface area contributed by atoms with E-state index in [-0.39, 0.29) is 19.1 Å². The van der Waals surface area contributed by atoms with Crippen LogP contribution in [0.2, 0.25) is 0 Å². The molecule has 2 amide bonds. The van der Waals surface area contributed by atoms with Gasteiger partial charge in [-0.15, -0.1) is 0 Å². The first kappa shape index (κ1) is 13.3. The van der Waals surface area contributed by atoms with Crippen LogP contribution in [-0.4, -0.2) is 53.7 Å². The molecule has 6 nitrogen and oxygen atoms in total. The van der Waals surface area contributed by atoms with Gasteiger partial charge in [-0.3, -0.25) is 9.59 Å². The minimum absolute atomic E-state index is 0.0192. The molecule has 1 aliphatic carbocycles. The van der Waals surface area contributed by atoms with E-state index in [1.165, 1.54) is 17.7 Å². The van der Waals surface area contributed by atoms with Crippen molar-refractivity contribution in [3.63, 3.8) is 0 Å². The molecule has 2 rings (SSSR count). The van der Waals surface area contributed by atoms with Crippen LogP contribution in [0.5, 0.6) is 0 Å². The number of rotatable bonds is 5. The summed E-state index contributed by atoms with van der Waals surface area (Å²) in [5.41, 5.74) is 3.57. The van der Waals surface area contributed by atoms with Gasteiger partial charge in [-0.05, 0) is 31.6 Å². The third-order valence-electron chi connectivity index (χ3n) is 3.56. The van der Waals surface area contributed by atoms with E-state index in [1.807, 2.05) is 0 Å². The number of nitrogens with zero attached hydrogens (tertiary/aromatic N) is 1. The predicted octanol–water partition coefficient (Wildman–Crippen LogP) is -0.748. The molecule has 2 aliphatic rings. The van der Waals surface area contributed by atoms with E-state index < -0.39 is 11.5 Å². The van der Waals surface area contributed by atoms with Crippen molar-refractivity contribution in [2.24, 2.45) is 11.7 Å². The lowest BCUT2D eigenvalue weighted by molar-refractivity contribution is -0.151. The number of carbonyl (C=O) groups excluding carboxylic acids is 2. The van der Waals surface area contributed by atoms with Crippen molar-refractivity contribution in [1.29, 1.82) is 0 Å². The number of β-amino-alcohol motifs (C(OH)–C–C–N with tert-alkyl or cyclic N) is 1. The van der Waals surface area contributed by atoms with Crippen LogP contribution in [0.1, 0.15) is 25.7 Å². The number of ether oxygens (including phenoxy) is 1. The molecule has 1 unspecified atom stereocenters. The van der Waals surface area contributed by atoms with Gasteiger partial charge in [0.15, 0.2) is 5.60 Å². The Labute approximate surface area is 106 Å². The van der Waals surface area contributed by atoms with Gasteiger partial charge in [-0.1, -0.05) is 0 Å². The Bertz CT molecular complexity index is 343. The highest BCUT2D eigenvalue weighted by Gasteiger charge is 2.40. The van der Waals surface area contributed by atoms with E-state index in [9.17, 15) is 14.7 Å². The maximum atomic E-state index is 11.8. The minimum Gasteiger partial charge on any atom is -0.378 e. The number of hydrogen-bond donors (Lipinski definition) is 2. The normalized spacial score (nSPS) is 28.2. The number of nitrogens with two attached hydrogens (primary N) is 1. The second kappa shape index (κ2) is 5.24. The van der Waals surface area contributed by atoms with Crippen molar-refractivity contribution < 1.29 is 19.4 Å². The molecule has 18 heavy (non-hydrogen) atoms. The molecule has 1 atom stereocenters. The van der Waals surface area contributed by atoms with E-state index in [2.05, 4.69) is 0 Å². The smallest absolute Gasteiger partial charge is 0.251 e. The van der Waals surface area contributed by atoms with Gasteiger partial charge in [-0.2, -0.15) is 0 Å². The van der Waals surface area contributed by atoms with Crippen LogP contribution in [0, 0.1) is 5.92 Å². The lowest BCUT2D eigenvalue weighted by Gasteiger charge is -2.36. The molecule has 1 saturated heterocycles. The average Bonchev–Trinajstić information content (AvgIpc) is 3.13. The summed E-state index contributed by atoms with van der Waals surface area (Å²) < 4.78 is 5.31. The summed E-state index contributed by atoms with van der Waals surface area (Å²) >= 11 is 0. The number of likely N-dealkylation sites (tertiary alicyclic amines) is 1. The van der Waals surface area contributed by atoms with E-state index in [0.717, 1.165) is 0 Å². The summed E-state index contributed by atoms with van der Waals surface area (Å²) in [4.78, 5) is 24.5. The standard InChI is InChI=1S/C12H20N2O4/c13-11(16)12(17)4-1-5-14(8-12)10(15)7-18-6-9-2-3-9/h9,17H,1-8H2,(H2,13,16). The summed E-state index contributed by atoms with van der Waals surface area (Å²) in [5.74, 6) is -0.337. The summed E-state index contributed by atoms with van der Waals surface area (Å²) in [5, 5.41) is 9.98. The summed E-state index contributed by atoms with van der Waals surface area (Å²) in [6.45, 7) is 1.17. The Balaban J connectivity index is 1.79. The molecule has 0 aromatic heterocycles. The lowest BCUT2D eigenvalue weighted by Crippen LogP contribution is -2.57. The second-order valence-electron chi connectivity index (χ2n) is 5.27. The topological polar surface area (TPSA) is 92.9 Å². The van der Waals surface area contributed by atoms with Crippen LogP contribution in [0.3, 0.4) is 0 Å². The Hall–Kier alpha value is -1.14. The minimum atomic E-state index is -1.58. The highest BCUT2D eigenvalue weighted by molar-refractivity contribution is 5.85. The largest absolute Gasteiger partial charge is 0.378 e. The molecule has 0 bridgehead atoms. The number of hydrogen-bond acceptors (Lipinski definition) is 4. The quantitative estimate of drug-likeness (QED) is 0.677. The van der Waals surface area contributed by atoms with Gasteiger partial charge in [0.1, 0.15) is 6.61 Å². The molecule has 3 N–H and O–H groups in total. The first-order chi connectivity index (χ1) is 8.51. The molecule has 0 aromatic rings. The van der Waals surface area contributed by atoms with Gasteiger partial charge in [-0.25, -0.2) is 0 Å². The monoisotopic (exact) mass is 256 g/mol. The number of primary amides is 1. The Morgan fingerprint density at radius 3 is 2.78 bits per heavy atom. The Morgan fingerprint density at radius 1 is 1.44 bits per heavy atom. The van der Waals surface area contributed by atoms with Crippen LogP contribution in [0.15, 0.2) is 0 Å². The highest BCUT2D eigenvalue weighted by atomic mass is 16.5. The fraction of sp³-hybridized carbons (Fsp3) is 0.833. The van der Waals surface area contributed by atoms with E-state index in [0.29, 0.717) is 31.9 Å². The third-order valence-corrected chi connectivity index (χ3v) is 3.56. The lowest BCUT2D eigenvalue weighted by atomic mass is 9.92. The zero-order chi connectivity index (χ0) is 13.2. The molecule has 1 aliphatic heterocycles. The van der Waals surface area contributed by atoms with Gasteiger partial charge in [0.25, 0.3) is 5.91 Å². The maximum Gasteiger partial charge on any atom is 0.251 e. The Morgan fingerprint density at radius 2 is 2.17 bits per heavy atom. The number of piperidine rings is 1. The van der Waals surface area contributed by atoms with E-state index in [4.69, 9.17) is 10.5 Å². The van der Waals surface area contributed by atoms with Gasteiger partial charge >= 0.3 is 0 Å². The maximum absolute atomic E-state index is 11.8. The molecule has 6 heteroatoms. The molecular weight excluding hydrogens is 236 g/mol. The van der Waals surface area contributed by atoms with Crippen LogP contribution >= 0.6 is 0 Å². The predicted molar refractivity (Wildman–Crippen MR) is 63.5 cm³/mol. The van der Waals surface area contributed by atoms with Crippen molar-refractivity contribution in [1.82, 2.24) is 4.90 Å². The first-order valence-electron chi connectivity index (χ1n) is 6.39. The summed E-state index contributed by atoms with van der Waals surface area (Å²) in [6, 6.07) is 0. The number of carbonyl (C=O) groups is 2. The third kappa shape index (κ3) is 3.20. The highest BCUT2D eigenvalue weighted by Crippen LogP contribution is 2.28. The van der Waals surface area contributed by atoms with Crippen LogP contribution in [-0.2, 0) is 14.3 Å². The van der Waals surface area contributed by atoms with Crippen LogP contribution < -0.4 is 5.73 Å². The fourth-order valence-corrected chi connectivity index (χ4v) is 2.14. The molecule has 0 radical (unpaired) electrons. The molecular formula is C12H20N2O4. The molecule has 1 heterocycles. The Kier molecular flexibility index (Phi) is 3.87. The van der Waals surface area contributed by atoms with Crippen LogP contribution in [0.4, 0.5) is 0 Å². The molecule has 102 valence electrons. The summed E-state index contributed by atoms with van der Waals surface area (Å²) in [6.07, 6.45) is 3.25. The second-order valence-corrected chi connectivity index (χ2v) is 5.27. The van der Waals surface area contributed by atoms with Crippen molar-refractivity contribution in [3.05, 3.63) is 0 Å². The molecule has 2 fully saturated rings. The van der Waals surface area contributed by atoms with Gasteiger partial charge in [0.05, 0.1) is 13.2 Å². The average molecular weight is 256 g/mol. The first-order valence-corrected chi connectivity index (χ1v) is 6.39. The van der Waals surface area contributed by atoms with Crippen molar-refractivity contribution in [3.8, 4) is 0 Å². The van der Waals surface area contributed by atoms with Gasteiger partial charge in [0.2, 0.25) is 5.91 Å². The molecule has 1 saturated carbocycles. The van der Waals surface area contributed by atoms with Crippen LogP contribution in [0.25, 0.3) is 0 Å². The molecule has 0 spiro atoms. The zero-order valence-corrected chi connectivity index (χ0v) is 10.4. The van der Waals surface area contributed by atoms with Crippen molar-refractivity contribution >= 4 is 11.8 Å². The van der Waals surface area contributed by atoms with E-state index >= 15 is 0 Å². The SMILES string of the molecule is NC(=O)C1(O)CCCN(C(=O)COCC2CC2)C1. The summed E-state index contributed by atoms with van der Waals surface area (Å²) in [7, 11) is 0. The molecule has 0 aromatic carbocycles. The number of amides is 2. The zero-order valence-electron chi connectivity index (χ0n) is 10.4. The van der Waals surface area contributed by atoms with Crippen molar-refractivity contribution in [2.45, 2.75) is 31.3 Å².